The molecule has 0 fully saturated rings. The molecule has 1 aliphatic carbocycles. The number of nitrogens with one attached hydrogen (secondary N) is 1. The molecule has 2 aromatic rings. The molecule has 1 aromatic carbocycles. The zero-order valence-electron chi connectivity index (χ0n) is 9.48. The lowest BCUT2D eigenvalue weighted by Crippen LogP contribution is -2.18. The van der Waals surface area contributed by atoms with Gasteiger partial charge in [0.05, 0.1) is 28.8 Å². The molecular weight excluding hydrogens is 269 g/mol. The Hall–Kier alpha value is -1.32. The second kappa shape index (κ2) is 4.75. The quantitative estimate of drug-likeness (QED) is 0.856. The summed E-state index contributed by atoms with van der Waals surface area (Å²) in [6.45, 7) is 0. The second-order valence-corrected chi connectivity index (χ2v) is 5.26. The molecule has 92 valence electrons. The molecule has 0 spiro atoms. The van der Waals surface area contributed by atoms with Crippen LogP contribution in [-0.4, -0.2) is 15.3 Å². The molecule has 0 radical (unpaired) electrons. The van der Waals surface area contributed by atoms with Gasteiger partial charge in [0.1, 0.15) is 0 Å². The van der Waals surface area contributed by atoms with Crippen LogP contribution in [0.15, 0.2) is 36.7 Å². The number of aromatic nitrogens is 2. The highest BCUT2D eigenvalue weighted by molar-refractivity contribution is 6.30. The molecule has 0 amide bonds. The molecule has 3 rings (SSSR count). The zero-order valence-corrected chi connectivity index (χ0v) is 11.0. The van der Waals surface area contributed by atoms with Gasteiger partial charge in [-0.25, -0.2) is 9.97 Å². The summed E-state index contributed by atoms with van der Waals surface area (Å²) in [5.41, 5.74) is 2.50. The maximum absolute atomic E-state index is 6.38. The summed E-state index contributed by atoms with van der Waals surface area (Å²) in [5, 5.41) is 3.80. The summed E-state index contributed by atoms with van der Waals surface area (Å²) < 4.78 is 0. The number of fused-ring (bicyclic) bond motifs is 1. The lowest BCUT2D eigenvalue weighted by molar-refractivity contribution is 0.760. The van der Waals surface area contributed by atoms with E-state index in [-0.39, 0.29) is 11.4 Å². The second-order valence-electron chi connectivity index (χ2n) is 4.27. The van der Waals surface area contributed by atoms with Crippen molar-refractivity contribution in [2.45, 2.75) is 17.8 Å². The molecule has 2 atom stereocenters. The van der Waals surface area contributed by atoms with Gasteiger partial charge in [-0.2, -0.15) is 0 Å². The van der Waals surface area contributed by atoms with Gasteiger partial charge in [-0.3, -0.25) is 0 Å². The number of benzene rings is 1. The predicted octanol–water partition coefficient (Wildman–Crippen LogP) is 3.45. The smallest absolute Gasteiger partial charge is 0.223 e. The van der Waals surface area contributed by atoms with Crippen LogP contribution in [0.4, 0.5) is 5.95 Å². The minimum atomic E-state index is 0.0154. The van der Waals surface area contributed by atoms with Crippen LogP contribution < -0.4 is 5.32 Å². The normalized spacial score (nSPS) is 21.7. The van der Waals surface area contributed by atoms with Crippen LogP contribution in [0.3, 0.4) is 0 Å². The third kappa shape index (κ3) is 2.16. The average Bonchev–Trinajstić information content (AvgIpc) is 2.69. The van der Waals surface area contributed by atoms with Gasteiger partial charge < -0.3 is 5.32 Å². The number of hydrogen-bond donors (Lipinski definition) is 1. The Bertz CT molecular complexity index is 556. The van der Waals surface area contributed by atoms with E-state index in [0.717, 1.165) is 6.42 Å². The van der Waals surface area contributed by atoms with Crippen LogP contribution >= 0.6 is 23.2 Å². The van der Waals surface area contributed by atoms with Crippen molar-refractivity contribution in [3.63, 3.8) is 0 Å². The van der Waals surface area contributed by atoms with E-state index >= 15 is 0 Å². The summed E-state index contributed by atoms with van der Waals surface area (Å²) in [6, 6.07) is 8.29. The number of nitrogens with zero attached hydrogens (tertiary/aromatic N) is 2. The maximum atomic E-state index is 6.38. The van der Waals surface area contributed by atoms with Crippen LogP contribution in [0.2, 0.25) is 5.02 Å². The standard InChI is InChI=1S/C13H11Cl2N3/c14-9-6-16-13(17-7-9)18-12-10-4-2-1-3-8(10)5-11(12)15/h1-4,6-7,11-12H,5H2,(H,16,17,18). The molecule has 5 heteroatoms. The fourth-order valence-electron chi connectivity index (χ4n) is 2.24. The average molecular weight is 280 g/mol. The van der Waals surface area contributed by atoms with Crippen molar-refractivity contribution in [2.24, 2.45) is 0 Å². The molecule has 18 heavy (non-hydrogen) atoms. The van der Waals surface area contributed by atoms with E-state index in [1.54, 1.807) is 12.4 Å². The van der Waals surface area contributed by atoms with E-state index in [1.165, 1.54) is 11.1 Å². The third-order valence-electron chi connectivity index (χ3n) is 3.07. The van der Waals surface area contributed by atoms with Gasteiger partial charge in [-0.05, 0) is 17.5 Å². The summed E-state index contributed by atoms with van der Waals surface area (Å²) >= 11 is 12.1. The van der Waals surface area contributed by atoms with Crippen LogP contribution in [0, 0.1) is 0 Å². The van der Waals surface area contributed by atoms with Crippen LogP contribution in [0.1, 0.15) is 17.2 Å². The van der Waals surface area contributed by atoms with E-state index in [0.29, 0.717) is 11.0 Å². The van der Waals surface area contributed by atoms with Crippen molar-refractivity contribution in [3.8, 4) is 0 Å². The molecule has 1 N–H and O–H groups in total. The first-order valence-corrected chi connectivity index (χ1v) is 6.51. The highest BCUT2D eigenvalue weighted by Gasteiger charge is 2.31. The molecule has 1 heterocycles. The first-order chi connectivity index (χ1) is 8.74. The van der Waals surface area contributed by atoms with Crippen molar-refractivity contribution in [2.75, 3.05) is 5.32 Å². The van der Waals surface area contributed by atoms with E-state index in [1.807, 2.05) is 12.1 Å². The number of hydrogen-bond acceptors (Lipinski definition) is 3. The third-order valence-corrected chi connectivity index (χ3v) is 3.67. The first-order valence-electron chi connectivity index (χ1n) is 5.70. The van der Waals surface area contributed by atoms with Gasteiger partial charge in [-0.15, -0.1) is 11.6 Å². The Morgan fingerprint density at radius 1 is 1.17 bits per heavy atom. The summed E-state index contributed by atoms with van der Waals surface area (Å²) in [6.07, 6.45) is 4.00. The number of alkyl halides is 1. The van der Waals surface area contributed by atoms with Gasteiger partial charge in [0.25, 0.3) is 0 Å². The molecule has 0 saturated carbocycles. The van der Waals surface area contributed by atoms with Crippen molar-refractivity contribution in [1.29, 1.82) is 0 Å². The molecule has 2 unspecified atom stereocenters. The van der Waals surface area contributed by atoms with Crippen molar-refractivity contribution < 1.29 is 0 Å². The number of rotatable bonds is 2. The molecule has 1 aromatic heterocycles. The van der Waals surface area contributed by atoms with E-state index in [9.17, 15) is 0 Å². The maximum Gasteiger partial charge on any atom is 0.223 e. The van der Waals surface area contributed by atoms with Crippen molar-refractivity contribution in [1.82, 2.24) is 9.97 Å². The largest absolute Gasteiger partial charge is 0.346 e. The Kier molecular flexibility index (Phi) is 3.10. The van der Waals surface area contributed by atoms with Crippen molar-refractivity contribution in [3.05, 3.63) is 52.8 Å². The van der Waals surface area contributed by atoms with Gasteiger partial charge in [0, 0.05) is 0 Å². The molecule has 0 bridgehead atoms. The lowest BCUT2D eigenvalue weighted by Gasteiger charge is -2.17. The van der Waals surface area contributed by atoms with Crippen LogP contribution in [-0.2, 0) is 6.42 Å². The molecule has 1 aliphatic rings. The fourth-order valence-corrected chi connectivity index (χ4v) is 2.70. The monoisotopic (exact) mass is 279 g/mol. The highest BCUT2D eigenvalue weighted by atomic mass is 35.5. The Labute approximate surface area is 115 Å². The number of halogens is 2. The molecular formula is C13H11Cl2N3. The Morgan fingerprint density at radius 3 is 2.67 bits per heavy atom. The first kappa shape index (κ1) is 11.8. The Balaban J connectivity index is 1.87. The van der Waals surface area contributed by atoms with E-state index < -0.39 is 0 Å². The van der Waals surface area contributed by atoms with Crippen molar-refractivity contribution >= 4 is 29.2 Å². The topological polar surface area (TPSA) is 37.8 Å². The number of anilines is 1. The van der Waals surface area contributed by atoms with Gasteiger partial charge in [0.15, 0.2) is 0 Å². The highest BCUT2D eigenvalue weighted by Crippen LogP contribution is 2.36. The van der Waals surface area contributed by atoms with Gasteiger partial charge >= 0.3 is 0 Å². The SMILES string of the molecule is Clc1cnc(NC2c3ccccc3CC2Cl)nc1. The van der Waals surface area contributed by atoms with Gasteiger partial charge in [0.2, 0.25) is 5.95 Å². The Morgan fingerprint density at radius 2 is 1.89 bits per heavy atom. The van der Waals surface area contributed by atoms with Crippen LogP contribution in [0.5, 0.6) is 0 Å². The molecule has 0 saturated heterocycles. The zero-order chi connectivity index (χ0) is 12.5. The summed E-state index contributed by atoms with van der Waals surface area (Å²) in [4.78, 5) is 8.27. The molecule has 3 nitrogen and oxygen atoms in total. The predicted molar refractivity (Wildman–Crippen MR) is 73.2 cm³/mol. The fraction of sp³-hybridized carbons (Fsp3) is 0.231. The van der Waals surface area contributed by atoms with E-state index in [2.05, 4.69) is 27.4 Å². The minimum absolute atomic E-state index is 0.0154. The van der Waals surface area contributed by atoms with E-state index in [4.69, 9.17) is 23.2 Å². The van der Waals surface area contributed by atoms with Gasteiger partial charge in [-0.1, -0.05) is 35.9 Å². The summed E-state index contributed by atoms with van der Waals surface area (Å²) in [5.74, 6) is 0.548. The lowest BCUT2D eigenvalue weighted by atomic mass is 10.1. The summed E-state index contributed by atoms with van der Waals surface area (Å²) in [7, 11) is 0. The minimum Gasteiger partial charge on any atom is -0.346 e. The molecule has 0 aliphatic heterocycles. The van der Waals surface area contributed by atoms with Crippen LogP contribution in [0.25, 0.3) is 0 Å².